The zero-order valence-corrected chi connectivity index (χ0v) is 20.8. The lowest BCUT2D eigenvalue weighted by Gasteiger charge is -2.33. The minimum Gasteiger partial charge on any atom is -0.497 e. The van der Waals surface area contributed by atoms with E-state index in [1.807, 2.05) is 31.2 Å². The van der Waals surface area contributed by atoms with E-state index in [4.69, 9.17) is 10.5 Å². The molecule has 1 amide bonds. The summed E-state index contributed by atoms with van der Waals surface area (Å²) in [4.78, 5) is 45.5. The first-order chi connectivity index (χ1) is 16.9. The molecule has 0 bridgehead atoms. The molecule has 9 nitrogen and oxygen atoms in total. The summed E-state index contributed by atoms with van der Waals surface area (Å²) in [6.45, 7) is 3.43. The van der Waals surface area contributed by atoms with E-state index in [2.05, 4.69) is 9.88 Å². The number of anilines is 2. The number of methoxy groups -OCH3 is 1. The van der Waals surface area contributed by atoms with Gasteiger partial charge in [-0.15, -0.1) is 0 Å². The fourth-order valence-corrected chi connectivity index (χ4v) is 5.49. The van der Waals surface area contributed by atoms with Crippen LogP contribution in [-0.2, 0) is 11.3 Å². The van der Waals surface area contributed by atoms with Crippen LogP contribution in [0.15, 0.2) is 33.9 Å². The molecular formula is C26H37N5O4. The summed E-state index contributed by atoms with van der Waals surface area (Å²) in [6.07, 6.45) is 7.24. The van der Waals surface area contributed by atoms with Crippen molar-refractivity contribution in [3.05, 3.63) is 50.7 Å². The van der Waals surface area contributed by atoms with Crippen molar-refractivity contribution in [1.82, 2.24) is 14.5 Å². The Bertz CT molecular complexity index is 1130. The third-order valence-electron chi connectivity index (χ3n) is 7.35. The molecule has 2 fully saturated rings. The maximum Gasteiger partial charge on any atom is 0.330 e. The zero-order valence-electron chi connectivity index (χ0n) is 20.8. The number of carbonyl (C=O) groups excluding carboxylic acids is 1. The molecule has 0 radical (unpaired) electrons. The van der Waals surface area contributed by atoms with E-state index in [1.165, 1.54) is 4.57 Å². The molecule has 4 rings (SSSR count). The number of hydrogen-bond acceptors (Lipinski definition) is 6. The van der Waals surface area contributed by atoms with Crippen LogP contribution < -0.4 is 26.6 Å². The molecule has 1 atom stereocenters. The van der Waals surface area contributed by atoms with Crippen LogP contribution in [0.1, 0.15) is 69.9 Å². The van der Waals surface area contributed by atoms with Crippen molar-refractivity contribution in [3.8, 4) is 5.75 Å². The number of rotatable bonds is 9. The van der Waals surface area contributed by atoms with E-state index in [-0.39, 0.29) is 36.0 Å². The van der Waals surface area contributed by atoms with Gasteiger partial charge in [-0.1, -0.05) is 38.3 Å². The van der Waals surface area contributed by atoms with E-state index in [0.717, 1.165) is 69.2 Å². The van der Waals surface area contributed by atoms with Gasteiger partial charge >= 0.3 is 5.69 Å². The number of likely N-dealkylation sites (tertiary alicyclic amines) is 1. The van der Waals surface area contributed by atoms with Gasteiger partial charge < -0.3 is 15.4 Å². The number of aromatic amines is 1. The number of hydrogen-bond donors (Lipinski definition) is 2. The summed E-state index contributed by atoms with van der Waals surface area (Å²) in [7, 11) is 1.64. The smallest absolute Gasteiger partial charge is 0.330 e. The van der Waals surface area contributed by atoms with E-state index in [9.17, 15) is 14.4 Å². The molecule has 3 N–H and O–H groups in total. The van der Waals surface area contributed by atoms with Crippen LogP contribution in [0.3, 0.4) is 0 Å². The standard InChI is InChI=1S/C26H37N5O4/c1-3-4-16-30-24(27)23(25(33)28-26(30)34)31(19-8-5-6-9-19)22(32)17-29-15-7-10-21(29)18-11-13-20(35-2)14-12-18/h11-14,19,21H,3-10,15-17,27H2,1-2H3,(H,28,33,34). The van der Waals surface area contributed by atoms with Crippen LogP contribution in [0, 0.1) is 0 Å². The van der Waals surface area contributed by atoms with E-state index < -0.39 is 11.2 Å². The molecule has 1 aliphatic carbocycles. The van der Waals surface area contributed by atoms with E-state index in [1.54, 1.807) is 12.0 Å². The Labute approximate surface area is 205 Å². The number of carbonyl (C=O) groups is 1. The lowest BCUT2D eigenvalue weighted by atomic mass is 10.0. The van der Waals surface area contributed by atoms with Gasteiger partial charge in [0.1, 0.15) is 11.6 Å². The van der Waals surface area contributed by atoms with Crippen LogP contribution >= 0.6 is 0 Å². The van der Waals surface area contributed by atoms with Gasteiger partial charge in [-0.3, -0.25) is 24.0 Å². The fourth-order valence-electron chi connectivity index (χ4n) is 5.49. The summed E-state index contributed by atoms with van der Waals surface area (Å²) in [6, 6.07) is 8.02. The summed E-state index contributed by atoms with van der Waals surface area (Å²) < 4.78 is 6.68. The average Bonchev–Trinajstić information content (AvgIpc) is 3.54. The second kappa shape index (κ2) is 11.1. The highest BCUT2D eigenvalue weighted by Crippen LogP contribution is 2.34. The number of aromatic nitrogens is 2. The topological polar surface area (TPSA) is 114 Å². The first-order valence-electron chi connectivity index (χ1n) is 12.8. The summed E-state index contributed by atoms with van der Waals surface area (Å²) in [5.41, 5.74) is 6.57. The number of nitrogens with zero attached hydrogens (tertiary/aromatic N) is 3. The van der Waals surface area contributed by atoms with Crippen LogP contribution in [0.4, 0.5) is 11.5 Å². The Balaban J connectivity index is 1.64. The quantitative estimate of drug-likeness (QED) is 0.567. The number of nitrogens with two attached hydrogens (primary N) is 1. The molecule has 0 spiro atoms. The molecule has 35 heavy (non-hydrogen) atoms. The van der Waals surface area contributed by atoms with Gasteiger partial charge in [0.25, 0.3) is 5.56 Å². The van der Waals surface area contributed by atoms with Crippen LogP contribution in [0.25, 0.3) is 0 Å². The van der Waals surface area contributed by atoms with Crippen molar-refractivity contribution in [2.75, 3.05) is 30.8 Å². The summed E-state index contributed by atoms with van der Waals surface area (Å²) >= 11 is 0. The number of nitrogen functional groups attached to an aromatic ring is 1. The maximum absolute atomic E-state index is 13.8. The fraction of sp³-hybridized carbons (Fsp3) is 0.577. The van der Waals surface area contributed by atoms with Gasteiger partial charge in [0.2, 0.25) is 5.91 Å². The van der Waals surface area contributed by atoms with Gasteiger partial charge in [0, 0.05) is 18.6 Å². The molecule has 1 aromatic carbocycles. The Morgan fingerprint density at radius 1 is 1.14 bits per heavy atom. The second-order valence-electron chi connectivity index (χ2n) is 9.60. The number of benzene rings is 1. The van der Waals surface area contributed by atoms with Crippen LogP contribution in [-0.4, -0.2) is 46.6 Å². The van der Waals surface area contributed by atoms with E-state index in [0.29, 0.717) is 6.54 Å². The minimum atomic E-state index is -0.589. The lowest BCUT2D eigenvalue weighted by molar-refractivity contribution is -0.120. The lowest BCUT2D eigenvalue weighted by Crippen LogP contribution is -2.49. The third kappa shape index (κ3) is 5.29. The number of H-pyrrole nitrogens is 1. The predicted molar refractivity (Wildman–Crippen MR) is 137 cm³/mol. The zero-order chi connectivity index (χ0) is 24.9. The highest BCUT2D eigenvalue weighted by Gasteiger charge is 2.35. The largest absolute Gasteiger partial charge is 0.497 e. The van der Waals surface area contributed by atoms with Crippen molar-refractivity contribution in [2.45, 2.75) is 76.9 Å². The van der Waals surface area contributed by atoms with Gasteiger partial charge in [-0.05, 0) is 56.3 Å². The van der Waals surface area contributed by atoms with Crippen molar-refractivity contribution < 1.29 is 9.53 Å². The monoisotopic (exact) mass is 483 g/mol. The number of unbranched alkanes of at least 4 members (excludes halogenated alkanes) is 1. The summed E-state index contributed by atoms with van der Waals surface area (Å²) in [5.74, 6) is 0.741. The normalized spacial score (nSPS) is 18.7. The van der Waals surface area contributed by atoms with Crippen LogP contribution in [0.5, 0.6) is 5.75 Å². The van der Waals surface area contributed by atoms with Gasteiger partial charge in [0.05, 0.1) is 13.7 Å². The SMILES string of the molecule is CCCCn1c(N)c(N(C(=O)CN2CCCC2c2ccc(OC)cc2)C2CCCC2)c(=O)[nH]c1=O. The Morgan fingerprint density at radius 3 is 2.51 bits per heavy atom. The molecule has 1 unspecified atom stereocenters. The van der Waals surface area contributed by atoms with Crippen molar-refractivity contribution in [2.24, 2.45) is 0 Å². The molecule has 1 aromatic heterocycles. The van der Waals surface area contributed by atoms with Crippen molar-refractivity contribution in [1.29, 1.82) is 0 Å². The van der Waals surface area contributed by atoms with E-state index >= 15 is 0 Å². The van der Waals surface area contributed by atoms with Gasteiger partial charge in [-0.25, -0.2) is 4.79 Å². The molecule has 1 aliphatic heterocycles. The van der Waals surface area contributed by atoms with Gasteiger partial charge in [0.15, 0.2) is 5.69 Å². The average molecular weight is 484 g/mol. The Kier molecular flexibility index (Phi) is 7.95. The number of amides is 1. The molecule has 2 aromatic rings. The highest BCUT2D eigenvalue weighted by molar-refractivity contribution is 5.97. The molecule has 1 saturated heterocycles. The number of ether oxygens (including phenoxy) is 1. The molecule has 1 saturated carbocycles. The maximum atomic E-state index is 13.8. The van der Waals surface area contributed by atoms with Crippen molar-refractivity contribution in [3.63, 3.8) is 0 Å². The van der Waals surface area contributed by atoms with Crippen LogP contribution in [0.2, 0.25) is 0 Å². The Hall–Kier alpha value is -3.07. The third-order valence-corrected chi connectivity index (χ3v) is 7.35. The minimum absolute atomic E-state index is 0.0839. The van der Waals surface area contributed by atoms with Gasteiger partial charge in [-0.2, -0.15) is 0 Å². The molecular weight excluding hydrogens is 446 g/mol. The predicted octanol–water partition coefficient (Wildman–Crippen LogP) is 3.04. The number of nitrogens with one attached hydrogen (secondary N) is 1. The highest BCUT2D eigenvalue weighted by atomic mass is 16.5. The summed E-state index contributed by atoms with van der Waals surface area (Å²) in [5, 5.41) is 0. The molecule has 9 heteroatoms. The van der Waals surface area contributed by atoms with Crippen molar-refractivity contribution >= 4 is 17.4 Å². The molecule has 190 valence electrons. The second-order valence-corrected chi connectivity index (χ2v) is 9.60. The first kappa shape index (κ1) is 25.0. The molecule has 2 aliphatic rings. The Morgan fingerprint density at radius 2 is 1.86 bits per heavy atom. The molecule has 2 heterocycles. The first-order valence-corrected chi connectivity index (χ1v) is 12.8.